The molecule has 3 aromatic carbocycles. The minimum absolute atomic E-state index is 0.0101. The Labute approximate surface area is 219 Å². The number of anilines is 1. The van der Waals surface area contributed by atoms with Crippen molar-refractivity contribution in [1.82, 2.24) is 0 Å². The molecule has 1 amide bonds. The number of hydrogen-bond donors (Lipinski definition) is 0. The first kappa shape index (κ1) is 24.9. The van der Waals surface area contributed by atoms with Crippen LogP contribution in [0.4, 0.5) is 5.69 Å². The second-order valence-corrected chi connectivity index (χ2v) is 10.7. The summed E-state index contributed by atoms with van der Waals surface area (Å²) in [4.78, 5) is 14.9. The normalized spacial score (nSPS) is 21.8. The number of carbonyl (C=O) groups is 1. The molecule has 0 N–H and O–H groups in total. The number of benzene rings is 3. The summed E-state index contributed by atoms with van der Waals surface area (Å²) in [5, 5.41) is 0.809. The molecule has 0 saturated carbocycles. The van der Waals surface area contributed by atoms with Crippen LogP contribution >= 0.6 is 11.6 Å². The Morgan fingerprint density at radius 2 is 1.89 bits per heavy atom. The zero-order valence-corrected chi connectivity index (χ0v) is 21.8. The Bertz CT molecular complexity index is 1210. The lowest BCUT2D eigenvalue weighted by molar-refractivity contribution is -0.120. The molecule has 0 aromatic heterocycles. The number of fused-ring (bicyclic) bond motifs is 1. The summed E-state index contributed by atoms with van der Waals surface area (Å²) in [6.45, 7) is 5.90. The Hall–Kier alpha value is -2.82. The highest BCUT2D eigenvalue weighted by molar-refractivity contribution is 6.31. The highest BCUT2D eigenvalue weighted by Gasteiger charge is 2.35. The first-order valence-corrected chi connectivity index (χ1v) is 13.4. The van der Waals surface area contributed by atoms with Crippen molar-refractivity contribution < 1.29 is 14.3 Å². The molecule has 1 saturated heterocycles. The molecule has 2 aliphatic rings. The fraction of sp³-hybridized carbons (Fsp3) is 0.387. The van der Waals surface area contributed by atoms with Gasteiger partial charge in [0.2, 0.25) is 0 Å². The summed E-state index contributed by atoms with van der Waals surface area (Å²) in [5.41, 5.74) is 4.50. The predicted octanol–water partition coefficient (Wildman–Crippen LogP) is 7.22. The van der Waals surface area contributed by atoms with Crippen LogP contribution in [0.15, 0.2) is 72.8 Å². The smallest absolute Gasteiger partial charge is 0.264 e. The second kappa shape index (κ2) is 11.1. The van der Waals surface area contributed by atoms with Crippen molar-refractivity contribution in [1.29, 1.82) is 0 Å². The maximum Gasteiger partial charge on any atom is 0.264 e. The molecule has 5 heteroatoms. The van der Waals surface area contributed by atoms with E-state index in [1.54, 1.807) is 0 Å². The van der Waals surface area contributed by atoms with E-state index in [1.165, 1.54) is 5.56 Å². The lowest BCUT2D eigenvalue weighted by atomic mass is 9.76. The fourth-order valence-electron chi connectivity index (χ4n) is 5.65. The minimum Gasteiger partial charge on any atom is -0.484 e. The monoisotopic (exact) mass is 503 g/mol. The van der Waals surface area contributed by atoms with Gasteiger partial charge in [-0.3, -0.25) is 4.79 Å². The summed E-state index contributed by atoms with van der Waals surface area (Å²) in [6.07, 6.45) is 2.99. The Morgan fingerprint density at radius 3 is 2.72 bits per heavy atom. The van der Waals surface area contributed by atoms with Crippen LogP contribution in [0.2, 0.25) is 5.02 Å². The van der Waals surface area contributed by atoms with Gasteiger partial charge in [0.15, 0.2) is 6.61 Å². The molecule has 0 bridgehead atoms. The van der Waals surface area contributed by atoms with E-state index in [0.29, 0.717) is 24.2 Å². The van der Waals surface area contributed by atoms with E-state index >= 15 is 0 Å². The second-order valence-electron chi connectivity index (χ2n) is 10.3. The van der Waals surface area contributed by atoms with E-state index in [4.69, 9.17) is 21.1 Å². The third kappa shape index (κ3) is 5.30. The zero-order valence-electron chi connectivity index (χ0n) is 21.0. The standard InChI is InChI=1S/C31H34ClNO3/c1-21(2)27-18-24(26-13-4-5-14-28(26)32)19-36-31(27)23-10-7-12-25(17-23)35-20-30(34)33-16-8-11-22-9-3-6-15-29(22)33/h3-7,9-10,12-15,17,21,24,27,31H,8,11,16,18-20H2,1-2H3/t24-,27-,31-/m0/s1. The molecule has 0 radical (unpaired) electrons. The average molecular weight is 504 g/mol. The van der Waals surface area contributed by atoms with Crippen molar-refractivity contribution in [2.75, 3.05) is 24.7 Å². The molecule has 0 aliphatic carbocycles. The number of nitrogens with zero attached hydrogens (tertiary/aromatic N) is 1. The van der Waals surface area contributed by atoms with Gasteiger partial charge in [0, 0.05) is 23.2 Å². The molecule has 3 atom stereocenters. The maximum absolute atomic E-state index is 13.0. The number of para-hydroxylation sites is 1. The van der Waals surface area contributed by atoms with Crippen molar-refractivity contribution in [3.8, 4) is 5.75 Å². The van der Waals surface area contributed by atoms with Crippen molar-refractivity contribution in [3.63, 3.8) is 0 Å². The SMILES string of the molecule is CC(C)[C@@H]1C[C@H](c2ccccc2Cl)CO[C@H]1c1cccc(OCC(=O)N2CCCc3ccccc32)c1. The molecule has 0 spiro atoms. The van der Waals surface area contributed by atoms with E-state index in [9.17, 15) is 4.79 Å². The number of halogens is 1. The van der Waals surface area contributed by atoms with Crippen molar-refractivity contribution in [3.05, 3.63) is 94.5 Å². The van der Waals surface area contributed by atoms with Gasteiger partial charge in [-0.2, -0.15) is 0 Å². The number of aryl methyl sites for hydroxylation is 1. The molecule has 2 heterocycles. The topological polar surface area (TPSA) is 38.8 Å². The van der Waals surface area contributed by atoms with E-state index < -0.39 is 0 Å². The molecule has 2 aliphatic heterocycles. The quantitative estimate of drug-likeness (QED) is 0.356. The number of amides is 1. The van der Waals surface area contributed by atoms with Crippen LogP contribution in [0.25, 0.3) is 0 Å². The van der Waals surface area contributed by atoms with Gasteiger partial charge in [-0.05, 0) is 72.1 Å². The summed E-state index contributed by atoms with van der Waals surface area (Å²) in [5.74, 6) is 1.77. The van der Waals surface area contributed by atoms with Crippen LogP contribution in [-0.2, 0) is 16.0 Å². The molecular weight excluding hydrogens is 470 g/mol. The highest BCUT2D eigenvalue weighted by atomic mass is 35.5. The van der Waals surface area contributed by atoms with Crippen LogP contribution in [0, 0.1) is 11.8 Å². The molecule has 188 valence electrons. The van der Waals surface area contributed by atoms with E-state index in [1.807, 2.05) is 59.5 Å². The summed E-state index contributed by atoms with van der Waals surface area (Å²) >= 11 is 6.50. The van der Waals surface area contributed by atoms with Gasteiger partial charge >= 0.3 is 0 Å². The zero-order chi connectivity index (χ0) is 25.1. The maximum atomic E-state index is 13.0. The third-order valence-corrected chi connectivity index (χ3v) is 7.93. The number of carbonyl (C=O) groups excluding carboxylic acids is 1. The van der Waals surface area contributed by atoms with E-state index in [-0.39, 0.29) is 24.5 Å². The van der Waals surface area contributed by atoms with Gasteiger partial charge in [0.1, 0.15) is 5.75 Å². The van der Waals surface area contributed by atoms with Gasteiger partial charge in [0.05, 0.1) is 12.7 Å². The van der Waals surface area contributed by atoms with Crippen LogP contribution < -0.4 is 9.64 Å². The predicted molar refractivity (Wildman–Crippen MR) is 145 cm³/mol. The van der Waals surface area contributed by atoms with Gasteiger partial charge in [-0.1, -0.05) is 74.0 Å². The van der Waals surface area contributed by atoms with Gasteiger partial charge in [-0.15, -0.1) is 0 Å². The summed E-state index contributed by atoms with van der Waals surface area (Å²) in [6, 6.07) is 24.3. The van der Waals surface area contributed by atoms with Crippen LogP contribution in [-0.4, -0.2) is 25.7 Å². The van der Waals surface area contributed by atoms with Crippen molar-refractivity contribution >= 4 is 23.2 Å². The largest absolute Gasteiger partial charge is 0.484 e. The summed E-state index contributed by atoms with van der Waals surface area (Å²) < 4.78 is 12.5. The minimum atomic E-state index is -0.0167. The number of ether oxygens (including phenoxy) is 2. The molecule has 3 aromatic rings. The third-order valence-electron chi connectivity index (χ3n) is 7.58. The Balaban J connectivity index is 1.27. The fourth-order valence-corrected chi connectivity index (χ4v) is 5.94. The van der Waals surface area contributed by atoms with Gasteiger partial charge in [-0.25, -0.2) is 0 Å². The van der Waals surface area contributed by atoms with Crippen molar-refractivity contribution in [2.24, 2.45) is 11.8 Å². The van der Waals surface area contributed by atoms with Gasteiger partial charge in [0.25, 0.3) is 5.91 Å². The van der Waals surface area contributed by atoms with Gasteiger partial charge < -0.3 is 14.4 Å². The highest BCUT2D eigenvalue weighted by Crippen LogP contribution is 2.45. The Morgan fingerprint density at radius 1 is 1.08 bits per heavy atom. The van der Waals surface area contributed by atoms with Crippen LogP contribution in [0.3, 0.4) is 0 Å². The molecule has 1 fully saturated rings. The molecule has 0 unspecified atom stereocenters. The van der Waals surface area contributed by atoms with E-state index in [0.717, 1.165) is 47.6 Å². The first-order valence-electron chi connectivity index (χ1n) is 13.0. The lowest BCUT2D eigenvalue weighted by Gasteiger charge is -2.39. The first-order chi connectivity index (χ1) is 17.5. The number of rotatable bonds is 6. The van der Waals surface area contributed by atoms with E-state index in [2.05, 4.69) is 32.0 Å². The average Bonchev–Trinajstić information content (AvgIpc) is 2.91. The molecule has 4 nitrogen and oxygen atoms in total. The Kier molecular flexibility index (Phi) is 7.64. The lowest BCUT2D eigenvalue weighted by Crippen LogP contribution is -2.38. The number of hydrogen-bond acceptors (Lipinski definition) is 3. The molecule has 36 heavy (non-hydrogen) atoms. The van der Waals surface area contributed by atoms with Crippen LogP contribution in [0.1, 0.15) is 55.4 Å². The molecule has 5 rings (SSSR count). The summed E-state index contributed by atoms with van der Waals surface area (Å²) in [7, 11) is 0. The molecular formula is C31H34ClNO3. The van der Waals surface area contributed by atoms with Crippen molar-refractivity contribution in [2.45, 2.75) is 45.1 Å². The van der Waals surface area contributed by atoms with Crippen LogP contribution in [0.5, 0.6) is 5.75 Å².